The van der Waals surface area contributed by atoms with Gasteiger partial charge < -0.3 is 18.9 Å². The normalized spacial score (nSPS) is 15.8. The van der Waals surface area contributed by atoms with E-state index in [1.807, 2.05) is 24.3 Å². The fraction of sp³-hybridized carbons (Fsp3) is 0.125. The Morgan fingerprint density at radius 2 is 1.94 bits per heavy atom. The summed E-state index contributed by atoms with van der Waals surface area (Å²) in [5, 5.41) is 0.635. The first kappa shape index (κ1) is 20.1. The van der Waals surface area contributed by atoms with Gasteiger partial charge in [0.25, 0.3) is 0 Å². The molecule has 2 heterocycles. The highest BCUT2D eigenvalue weighted by Gasteiger charge is 2.28. The minimum atomic E-state index is -0.161. The van der Waals surface area contributed by atoms with E-state index in [4.69, 9.17) is 30.5 Å². The van der Waals surface area contributed by atoms with Crippen LogP contribution in [0.2, 0.25) is 5.02 Å². The molecule has 2 aliphatic rings. The molecule has 0 atom stereocenters. The van der Waals surface area contributed by atoms with E-state index in [9.17, 15) is 4.79 Å². The highest BCUT2D eigenvalue weighted by molar-refractivity contribution is 9.10. The van der Waals surface area contributed by atoms with E-state index in [2.05, 4.69) is 15.9 Å². The number of hydrogen-bond donors (Lipinski definition) is 0. The molecule has 0 bridgehead atoms. The molecule has 0 amide bonds. The van der Waals surface area contributed by atoms with E-state index < -0.39 is 0 Å². The summed E-state index contributed by atoms with van der Waals surface area (Å²) < 4.78 is 23.7. The van der Waals surface area contributed by atoms with Gasteiger partial charge in [-0.2, -0.15) is 0 Å². The first-order chi connectivity index (χ1) is 15.1. The highest BCUT2D eigenvalue weighted by atomic mass is 79.9. The van der Waals surface area contributed by atoms with Gasteiger partial charge in [-0.05, 0) is 48.0 Å². The average Bonchev–Trinajstić information content (AvgIpc) is 3.08. The van der Waals surface area contributed by atoms with Crippen molar-refractivity contribution in [2.75, 3.05) is 6.79 Å². The van der Waals surface area contributed by atoms with Crippen LogP contribution in [-0.2, 0) is 18.0 Å². The predicted molar refractivity (Wildman–Crippen MR) is 120 cm³/mol. The van der Waals surface area contributed by atoms with Crippen molar-refractivity contribution in [2.24, 2.45) is 0 Å². The predicted octanol–water partition coefficient (Wildman–Crippen LogP) is 6.16. The molecule has 0 N–H and O–H groups in total. The van der Waals surface area contributed by atoms with Gasteiger partial charge in [0.05, 0.1) is 12.2 Å². The minimum absolute atomic E-state index is 0.161. The van der Waals surface area contributed by atoms with Crippen molar-refractivity contribution in [3.63, 3.8) is 0 Å². The zero-order chi connectivity index (χ0) is 21.4. The van der Waals surface area contributed by atoms with Crippen molar-refractivity contribution >= 4 is 39.4 Å². The molecule has 0 unspecified atom stereocenters. The van der Waals surface area contributed by atoms with Crippen LogP contribution in [0.3, 0.4) is 0 Å². The largest absolute Gasteiger partial charge is 0.489 e. The number of hydrogen-bond acceptors (Lipinski definition) is 5. The molecule has 0 fully saturated rings. The minimum Gasteiger partial charge on any atom is -0.489 e. The maximum atomic E-state index is 12.7. The molecular formula is C24H16BrClO5. The van der Waals surface area contributed by atoms with Crippen LogP contribution in [-0.4, -0.2) is 12.6 Å². The van der Waals surface area contributed by atoms with Crippen molar-refractivity contribution in [1.29, 1.82) is 0 Å². The summed E-state index contributed by atoms with van der Waals surface area (Å²) >= 11 is 9.43. The number of carbonyl (C=O) groups excluding carboxylic acids is 1. The lowest BCUT2D eigenvalue weighted by Crippen LogP contribution is -2.14. The van der Waals surface area contributed by atoms with Crippen molar-refractivity contribution < 1.29 is 23.7 Å². The number of allylic oxidation sites excluding steroid dienone is 1. The Hall–Kier alpha value is -2.80. The molecule has 3 aromatic rings. The molecule has 0 saturated heterocycles. The number of rotatable bonds is 4. The molecule has 2 aliphatic heterocycles. The second-order valence-corrected chi connectivity index (χ2v) is 8.45. The summed E-state index contributed by atoms with van der Waals surface area (Å²) in [6, 6.07) is 16.3. The average molecular weight is 500 g/mol. The first-order valence-corrected chi connectivity index (χ1v) is 10.7. The van der Waals surface area contributed by atoms with Gasteiger partial charge >= 0.3 is 0 Å². The van der Waals surface area contributed by atoms with Gasteiger partial charge in [0, 0.05) is 26.7 Å². The Labute approximate surface area is 192 Å². The smallest absolute Gasteiger partial charge is 0.231 e. The van der Waals surface area contributed by atoms with Gasteiger partial charge in [0.2, 0.25) is 5.78 Å². The summed E-state index contributed by atoms with van der Waals surface area (Å²) in [6.07, 6.45) is 1.70. The number of ether oxygens (including phenoxy) is 4. The monoisotopic (exact) mass is 498 g/mol. The molecule has 3 aromatic carbocycles. The Bertz CT molecular complexity index is 1200. The highest BCUT2D eigenvalue weighted by Crippen LogP contribution is 2.36. The molecule has 0 radical (unpaired) electrons. The zero-order valence-corrected chi connectivity index (χ0v) is 18.5. The van der Waals surface area contributed by atoms with Gasteiger partial charge in [-0.1, -0.05) is 39.7 Å². The zero-order valence-electron chi connectivity index (χ0n) is 16.2. The second-order valence-electron chi connectivity index (χ2n) is 7.10. The number of Topliss-reactive ketones (excluding diaryl/α,β-unsaturated/α-hetero) is 1. The Morgan fingerprint density at radius 1 is 1.10 bits per heavy atom. The molecule has 0 saturated carbocycles. The van der Waals surface area contributed by atoms with Crippen LogP contribution in [0, 0.1) is 0 Å². The van der Waals surface area contributed by atoms with Crippen LogP contribution < -0.4 is 14.2 Å². The molecule has 5 nitrogen and oxygen atoms in total. The lowest BCUT2D eigenvalue weighted by Gasteiger charge is -2.21. The van der Waals surface area contributed by atoms with Crippen molar-refractivity contribution in [1.82, 2.24) is 0 Å². The molecular weight excluding hydrogens is 484 g/mol. The Morgan fingerprint density at radius 3 is 2.77 bits per heavy atom. The second kappa shape index (κ2) is 8.38. The van der Waals surface area contributed by atoms with Gasteiger partial charge in [0.1, 0.15) is 23.9 Å². The summed E-state index contributed by atoms with van der Waals surface area (Å²) in [5.41, 5.74) is 3.22. The standard InChI is InChI=1S/C24H16BrClO5/c25-17-8-15-11-28-13-30-24(15)16(9-17)12-29-19-5-6-20-21(10-19)31-22(23(20)27)7-14-1-3-18(26)4-2-14/h1-10H,11-13H2/b22-7-. The summed E-state index contributed by atoms with van der Waals surface area (Å²) in [7, 11) is 0. The number of carbonyl (C=O) groups is 1. The Balaban J connectivity index is 1.34. The van der Waals surface area contributed by atoms with Gasteiger partial charge in [-0.3, -0.25) is 4.79 Å². The van der Waals surface area contributed by atoms with Gasteiger partial charge in [-0.15, -0.1) is 0 Å². The number of ketones is 1. The topological polar surface area (TPSA) is 54.0 Å². The summed E-state index contributed by atoms with van der Waals surface area (Å²) in [6.45, 7) is 1.03. The van der Waals surface area contributed by atoms with E-state index >= 15 is 0 Å². The third-order valence-corrected chi connectivity index (χ3v) is 5.67. The molecule has 156 valence electrons. The lowest BCUT2D eigenvalue weighted by atomic mass is 10.1. The van der Waals surface area contributed by atoms with Crippen LogP contribution in [0.15, 0.2) is 64.8 Å². The molecule has 7 heteroatoms. The molecule has 31 heavy (non-hydrogen) atoms. The van der Waals surface area contributed by atoms with Crippen LogP contribution in [0.25, 0.3) is 6.08 Å². The summed E-state index contributed by atoms with van der Waals surface area (Å²) in [5.74, 6) is 1.97. The van der Waals surface area contributed by atoms with E-state index in [0.29, 0.717) is 35.3 Å². The third kappa shape index (κ3) is 4.19. The van der Waals surface area contributed by atoms with E-state index in [1.165, 1.54) is 0 Å². The quantitative estimate of drug-likeness (QED) is 0.402. The third-order valence-electron chi connectivity index (χ3n) is 4.96. The lowest BCUT2D eigenvalue weighted by molar-refractivity contribution is -0.0176. The Kier molecular flexibility index (Phi) is 5.44. The van der Waals surface area contributed by atoms with Crippen molar-refractivity contribution in [3.8, 4) is 17.2 Å². The maximum Gasteiger partial charge on any atom is 0.231 e. The molecule has 0 aromatic heterocycles. The van der Waals surface area contributed by atoms with Crippen LogP contribution in [0.4, 0.5) is 0 Å². The number of halogens is 2. The molecule has 5 rings (SSSR count). The van der Waals surface area contributed by atoms with Crippen molar-refractivity contribution in [3.05, 3.63) is 92.1 Å². The van der Waals surface area contributed by atoms with E-state index in [1.54, 1.807) is 36.4 Å². The van der Waals surface area contributed by atoms with E-state index in [-0.39, 0.29) is 18.3 Å². The van der Waals surface area contributed by atoms with Crippen LogP contribution >= 0.6 is 27.5 Å². The van der Waals surface area contributed by atoms with Crippen LogP contribution in [0.1, 0.15) is 27.0 Å². The van der Waals surface area contributed by atoms with Gasteiger partial charge in [-0.25, -0.2) is 0 Å². The number of benzene rings is 3. The fourth-order valence-corrected chi connectivity index (χ4v) is 4.17. The molecule has 0 spiro atoms. The van der Waals surface area contributed by atoms with Gasteiger partial charge in [0.15, 0.2) is 12.6 Å². The first-order valence-electron chi connectivity index (χ1n) is 9.55. The summed E-state index contributed by atoms with van der Waals surface area (Å²) in [4.78, 5) is 12.7. The number of fused-ring (bicyclic) bond motifs is 2. The van der Waals surface area contributed by atoms with Crippen LogP contribution in [0.5, 0.6) is 17.2 Å². The van der Waals surface area contributed by atoms with E-state index in [0.717, 1.165) is 26.9 Å². The SMILES string of the molecule is O=C1/C(=C/c2ccc(Cl)cc2)Oc2cc(OCc3cc(Br)cc4c3OCOC4)ccc21. The fourth-order valence-electron chi connectivity index (χ4n) is 3.49. The maximum absolute atomic E-state index is 12.7. The van der Waals surface area contributed by atoms with Crippen molar-refractivity contribution in [2.45, 2.75) is 13.2 Å². The molecule has 0 aliphatic carbocycles.